The van der Waals surface area contributed by atoms with Crippen LogP contribution in [-0.2, 0) is 16.6 Å². The van der Waals surface area contributed by atoms with E-state index in [1.165, 1.54) is 0 Å². The Morgan fingerprint density at radius 1 is 1.00 bits per heavy atom. The molecule has 0 aliphatic rings. The van der Waals surface area contributed by atoms with Gasteiger partial charge < -0.3 is 5.32 Å². The minimum Gasteiger partial charge on any atom is -0.381 e. The minimum absolute atomic E-state index is 0.158. The molecule has 1 aromatic heterocycles. The van der Waals surface area contributed by atoms with Crippen LogP contribution in [0.4, 0.5) is 11.4 Å². The number of unbranched alkanes of at least 4 members (excludes halogenated alkanes) is 1. The highest BCUT2D eigenvalue weighted by Crippen LogP contribution is 2.16. The van der Waals surface area contributed by atoms with E-state index in [1.54, 1.807) is 24.5 Å². The largest absolute Gasteiger partial charge is 0.381 e. The van der Waals surface area contributed by atoms with Crippen molar-refractivity contribution < 1.29 is 8.42 Å². The lowest BCUT2D eigenvalue weighted by molar-refractivity contribution is 0.598. The molecule has 0 bridgehead atoms. The summed E-state index contributed by atoms with van der Waals surface area (Å²) < 4.78 is 26.2. The molecule has 0 fully saturated rings. The standard InChI is InChI=1S/C16H21N3O2S/c1-2-3-12-22(20,21)19-16-6-4-15(5-7-16)18-13-14-8-10-17-11-9-14/h4-11,18-19H,2-3,12-13H2,1H3. The van der Waals surface area contributed by atoms with Crippen LogP contribution in [0.1, 0.15) is 25.3 Å². The lowest BCUT2D eigenvalue weighted by Gasteiger charge is -2.10. The van der Waals surface area contributed by atoms with E-state index in [0.29, 0.717) is 18.7 Å². The average molecular weight is 319 g/mol. The average Bonchev–Trinajstić information content (AvgIpc) is 2.53. The predicted octanol–water partition coefficient (Wildman–Crippen LogP) is 3.24. The van der Waals surface area contributed by atoms with Gasteiger partial charge in [0.2, 0.25) is 10.0 Å². The summed E-state index contributed by atoms with van der Waals surface area (Å²) in [5, 5.41) is 3.28. The van der Waals surface area contributed by atoms with Crippen molar-refractivity contribution in [2.24, 2.45) is 0 Å². The number of nitrogens with one attached hydrogen (secondary N) is 2. The lowest BCUT2D eigenvalue weighted by Crippen LogP contribution is -2.16. The third-order valence-corrected chi connectivity index (χ3v) is 4.54. The minimum atomic E-state index is -3.24. The molecular weight excluding hydrogens is 298 g/mol. The summed E-state index contributed by atoms with van der Waals surface area (Å²) in [6, 6.07) is 11.1. The molecule has 0 atom stereocenters. The van der Waals surface area contributed by atoms with Gasteiger partial charge in [-0.2, -0.15) is 0 Å². The first-order valence-corrected chi connectivity index (χ1v) is 8.97. The number of hydrogen-bond acceptors (Lipinski definition) is 4. The van der Waals surface area contributed by atoms with Gasteiger partial charge in [0.25, 0.3) is 0 Å². The van der Waals surface area contributed by atoms with Gasteiger partial charge in [-0.25, -0.2) is 8.42 Å². The summed E-state index contributed by atoms with van der Waals surface area (Å²) in [5.74, 6) is 0.158. The second-order valence-electron chi connectivity index (χ2n) is 5.06. The van der Waals surface area contributed by atoms with Crippen molar-refractivity contribution in [3.63, 3.8) is 0 Å². The Labute approximate surface area is 131 Å². The second kappa shape index (κ2) is 7.79. The van der Waals surface area contributed by atoms with E-state index in [9.17, 15) is 8.42 Å². The summed E-state index contributed by atoms with van der Waals surface area (Å²) in [5.41, 5.74) is 2.67. The molecule has 118 valence electrons. The van der Waals surface area contributed by atoms with E-state index in [2.05, 4.69) is 15.0 Å². The molecule has 2 rings (SSSR count). The fraction of sp³-hybridized carbons (Fsp3) is 0.312. The molecule has 0 amide bonds. The molecule has 5 nitrogen and oxygen atoms in total. The Hall–Kier alpha value is -2.08. The lowest BCUT2D eigenvalue weighted by atomic mass is 10.2. The van der Waals surface area contributed by atoms with Crippen LogP contribution in [0.5, 0.6) is 0 Å². The molecule has 1 aromatic carbocycles. The molecule has 0 saturated heterocycles. The monoisotopic (exact) mass is 319 g/mol. The molecule has 0 radical (unpaired) electrons. The first-order chi connectivity index (χ1) is 10.6. The highest BCUT2D eigenvalue weighted by molar-refractivity contribution is 7.92. The van der Waals surface area contributed by atoms with Gasteiger partial charge in [-0.3, -0.25) is 9.71 Å². The molecule has 1 heterocycles. The third-order valence-electron chi connectivity index (χ3n) is 3.17. The van der Waals surface area contributed by atoms with Crippen LogP contribution in [0.15, 0.2) is 48.8 Å². The Kier molecular flexibility index (Phi) is 5.77. The number of pyridine rings is 1. The molecule has 2 aromatic rings. The van der Waals surface area contributed by atoms with E-state index in [0.717, 1.165) is 17.7 Å². The van der Waals surface area contributed by atoms with Gasteiger partial charge in [0, 0.05) is 30.3 Å². The van der Waals surface area contributed by atoms with E-state index < -0.39 is 10.0 Å². The van der Waals surface area contributed by atoms with Crippen molar-refractivity contribution in [2.75, 3.05) is 15.8 Å². The SMILES string of the molecule is CCCCS(=O)(=O)Nc1ccc(NCc2ccncc2)cc1. The van der Waals surface area contributed by atoms with Crippen LogP contribution in [0.25, 0.3) is 0 Å². The topological polar surface area (TPSA) is 71.1 Å². The van der Waals surface area contributed by atoms with Gasteiger partial charge in [-0.15, -0.1) is 0 Å². The summed E-state index contributed by atoms with van der Waals surface area (Å²) >= 11 is 0. The van der Waals surface area contributed by atoms with Crippen molar-refractivity contribution in [3.8, 4) is 0 Å². The summed E-state index contributed by atoms with van der Waals surface area (Å²) in [6.07, 6.45) is 5.04. The van der Waals surface area contributed by atoms with Crippen LogP contribution < -0.4 is 10.0 Å². The number of rotatable bonds is 8. The maximum absolute atomic E-state index is 11.8. The van der Waals surface area contributed by atoms with Crippen LogP contribution in [-0.4, -0.2) is 19.2 Å². The zero-order valence-corrected chi connectivity index (χ0v) is 13.4. The van der Waals surface area contributed by atoms with Crippen molar-refractivity contribution >= 4 is 21.4 Å². The molecule has 0 saturated carbocycles. The highest BCUT2D eigenvalue weighted by atomic mass is 32.2. The molecular formula is C16H21N3O2S. The van der Waals surface area contributed by atoms with Crippen molar-refractivity contribution in [3.05, 3.63) is 54.4 Å². The van der Waals surface area contributed by atoms with Crippen molar-refractivity contribution in [1.82, 2.24) is 4.98 Å². The maximum Gasteiger partial charge on any atom is 0.232 e. The molecule has 2 N–H and O–H groups in total. The summed E-state index contributed by atoms with van der Waals surface area (Å²) in [7, 11) is -3.24. The van der Waals surface area contributed by atoms with E-state index in [1.807, 2.05) is 31.2 Å². The molecule has 0 aliphatic heterocycles. The number of nitrogens with zero attached hydrogens (tertiary/aromatic N) is 1. The first-order valence-electron chi connectivity index (χ1n) is 7.32. The second-order valence-corrected chi connectivity index (χ2v) is 6.90. The summed E-state index contributed by atoms with van der Waals surface area (Å²) in [4.78, 5) is 3.97. The zero-order valence-electron chi connectivity index (χ0n) is 12.6. The van der Waals surface area contributed by atoms with Crippen LogP contribution in [0.3, 0.4) is 0 Å². The number of benzene rings is 1. The Morgan fingerprint density at radius 3 is 2.27 bits per heavy atom. The van der Waals surface area contributed by atoms with Crippen molar-refractivity contribution in [2.45, 2.75) is 26.3 Å². The number of sulfonamides is 1. The van der Waals surface area contributed by atoms with Gasteiger partial charge in [0.1, 0.15) is 0 Å². The third kappa shape index (κ3) is 5.37. The highest BCUT2D eigenvalue weighted by Gasteiger charge is 2.09. The first kappa shape index (κ1) is 16.3. The Balaban J connectivity index is 1.90. The van der Waals surface area contributed by atoms with Gasteiger partial charge >= 0.3 is 0 Å². The molecule has 0 aliphatic carbocycles. The number of anilines is 2. The molecule has 6 heteroatoms. The van der Waals surface area contributed by atoms with Crippen LogP contribution >= 0.6 is 0 Å². The van der Waals surface area contributed by atoms with E-state index in [4.69, 9.17) is 0 Å². The number of hydrogen-bond donors (Lipinski definition) is 2. The van der Waals surface area contributed by atoms with Crippen LogP contribution in [0.2, 0.25) is 0 Å². The molecule has 0 unspecified atom stereocenters. The van der Waals surface area contributed by atoms with E-state index in [-0.39, 0.29) is 5.75 Å². The fourth-order valence-electron chi connectivity index (χ4n) is 1.93. The Morgan fingerprint density at radius 2 is 1.64 bits per heavy atom. The quantitative estimate of drug-likeness (QED) is 0.783. The number of aromatic nitrogens is 1. The smallest absolute Gasteiger partial charge is 0.232 e. The maximum atomic E-state index is 11.8. The van der Waals surface area contributed by atoms with Gasteiger partial charge in [-0.05, 0) is 48.4 Å². The Bertz CT molecular complexity index is 670. The zero-order chi connectivity index (χ0) is 15.8. The fourth-order valence-corrected chi connectivity index (χ4v) is 3.19. The van der Waals surface area contributed by atoms with Crippen molar-refractivity contribution in [1.29, 1.82) is 0 Å². The predicted molar refractivity (Wildman–Crippen MR) is 90.3 cm³/mol. The molecule has 0 spiro atoms. The normalized spacial score (nSPS) is 11.1. The van der Waals surface area contributed by atoms with Gasteiger partial charge in [-0.1, -0.05) is 13.3 Å². The van der Waals surface area contributed by atoms with Gasteiger partial charge in [0.15, 0.2) is 0 Å². The van der Waals surface area contributed by atoms with Gasteiger partial charge in [0.05, 0.1) is 5.75 Å². The van der Waals surface area contributed by atoms with Crippen LogP contribution in [0, 0.1) is 0 Å². The molecule has 22 heavy (non-hydrogen) atoms. The van der Waals surface area contributed by atoms with E-state index >= 15 is 0 Å². The summed E-state index contributed by atoms with van der Waals surface area (Å²) in [6.45, 7) is 2.67.